The first kappa shape index (κ1) is 19.9. The highest BCUT2D eigenvalue weighted by molar-refractivity contribution is 5.96. The average Bonchev–Trinajstić information content (AvgIpc) is 3.29. The van der Waals surface area contributed by atoms with Crippen molar-refractivity contribution >= 4 is 23.7 Å². The number of nitrogens with zero attached hydrogens (tertiary/aromatic N) is 4. The number of nitrogens with one attached hydrogen (secondary N) is 1. The molecule has 3 aromatic rings. The highest BCUT2D eigenvalue weighted by Crippen LogP contribution is 2.24. The van der Waals surface area contributed by atoms with Gasteiger partial charge in [0.05, 0.1) is 11.9 Å². The lowest BCUT2D eigenvalue weighted by Gasteiger charge is -2.15. The number of hydrogen-bond donors (Lipinski definition) is 2. The number of hydrogen-bond acceptors (Lipinski definition) is 6. The van der Waals surface area contributed by atoms with E-state index in [9.17, 15) is 14.7 Å². The molecule has 9 nitrogen and oxygen atoms in total. The molecular weight excluding hydrogens is 386 g/mol. The van der Waals surface area contributed by atoms with Crippen LogP contribution >= 0.6 is 0 Å². The van der Waals surface area contributed by atoms with Gasteiger partial charge in [-0.15, -0.1) is 0 Å². The van der Waals surface area contributed by atoms with Gasteiger partial charge in [0.1, 0.15) is 11.4 Å². The van der Waals surface area contributed by atoms with E-state index in [1.165, 1.54) is 9.08 Å². The van der Waals surface area contributed by atoms with Crippen LogP contribution in [0.5, 0.6) is 5.88 Å². The van der Waals surface area contributed by atoms with Gasteiger partial charge >= 0.3 is 0 Å². The van der Waals surface area contributed by atoms with E-state index in [4.69, 9.17) is 4.52 Å². The van der Waals surface area contributed by atoms with Crippen LogP contribution in [-0.4, -0.2) is 36.4 Å². The van der Waals surface area contributed by atoms with Gasteiger partial charge in [0, 0.05) is 23.7 Å². The van der Waals surface area contributed by atoms with Crippen LogP contribution in [0.25, 0.3) is 17.8 Å². The van der Waals surface area contributed by atoms with Gasteiger partial charge < -0.3 is 14.9 Å². The number of carbonyl (C=O) groups excluding carboxylic acids is 1. The maximum Gasteiger partial charge on any atom is 0.270 e. The number of fused-ring (bicyclic) bond motifs is 1. The SMILES string of the molecule is Cc1noc(C)c1/C=C/c1cnn2c(O)c(C(=O)NC3CC3)c(=O)n(CC(C)C)c12. The number of carbonyl (C=O) groups is 1. The summed E-state index contributed by atoms with van der Waals surface area (Å²) in [4.78, 5) is 25.9. The topological polar surface area (TPSA) is 115 Å². The summed E-state index contributed by atoms with van der Waals surface area (Å²) in [6.45, 7) is 8.01. The van der Waals surface area contributed by atoms with Crippen molar-refractivity contribution in [3.63, 3.8) is 0 Å². The van der Waals surface area contributed by atoms with Crippen molar-refractivity contribution in [2.24, 2.45) is 5.92 Å². The van der Waals surface area contributed by atoms with Gasteiger partial charge in [-0.3, -0.25) is 14.2 Å². The Kier molecular flexibility index (Phi) is 4.97. The fourth-order valence-electron chi connectivity index (χ4n) is 3.45. The predicted octanol–water partition coefficient (Wildman–Crippen LogP) is 2.53. The Bertz CT molecular complexity index is 1190. The summed E-state index contributed by atoms with van der Waals surface area (Å²) in [5, 5.41) is 21.7. The van der Waals surface area contributed by atoms with Gasteiger partial charge in [0.15, 0.2) is 5.56 Å². The molecule has 1 amide bonds. The maximum absolute atomic E-state index is 13.2. The van der Waals surface area contributed by atoms with E-state index in [1.807, 2.05) is 33.8 Å². The molecule has 0 aliphatic heterocycles. The van der Waals surface area contributed by atoms with Gasteiger partial charge in [0.2, 0.25) is 5.88 Å². The number of aromatic nitrogens is 4. The zero-order valence-corrected chi connectivity index (χ0v) is 17.5. The second-order valence-corrected chi connectivity index (χ2v) is 8.16. The van der Waals surface area contributed by atoms with Crippen molar-refractivity contribution in [3.05, 3.63) is 44.7 Å². The standard InChI is InChI=1S/C21H25N5O4/c1-11(2)10-25-19-14(5-8-16-12(3)24-30-13(16)4)9-22-26(19)21(29)17(20(25)28)18(27)23-15-6-7-15/h5,8-9,11,15,29H,6-7,10H2,1-4H3,(H,23,27)/b8-5+. The molecule has 9 heteroatoms. The van der Waals surface area contributed by atoms with Crippen LogP contribution in [-0.2, 0) is 6.54 Å². The minimum atomic E-state index is -0.567. The molecule has 0 unspecified atom stereocenters. The molecule has 1 saturated carbocycles. The molecule has 3 heterocycles. The van der Waals surface area contributed by atoms with E-state index in [1.54, 1.807) is 12.3 Å². The lowest BCUT2D eigenvalue weighted by Crippen LogP contribution is -2.36. The van der Waals surface area contributed by atoms with E-state index in [-0.39, 0.29) is 17.5 Å². The van der Waals surface area contributed by atoms with Crippen LogP contribution in [0.3, 0.4) is 0 Å². The quantitative estimate of drug-likeness (QED) is 0.644. The van der Waals surface area contributed by atoms with Crippen molar-refractivity contribution in [2.75, 3.05) is 0 Å². The normalized spacial score (nSPS) is 14.3. The third-order valence-electron chi connectivity index (χ3n) is 5.12. The van der Waals surface area contributed by atoms with E-state index in [0.717, 1.165) is 24.1 Å². The van der Waals surface area contributed by atoms with Gasteiger partial charge in [0.25, 0.3) is 11.5 Å². The minimum Gasteiger partial charge on any atom is -0.492 e. The first-order valence-electron chi connectivity index (χ1n) is 10.0. The predicted molar refractivity (Wildman–Crippen MR) is 111 cm³/mol. The highest BCUT2D eigenvalue weighted by Gasteiger charge is 2.29. The van der Waals surface area contributed by atoms with Crippen molar-refractivity contribution in [1.82, 2.24) is 24.7 Å². The van der Waals surface area contributed by atoms with Crippen molar-refractivity contribution in [1.29, 1.82) is 0 Å². The Balaban J connectivity index is 1.88. The molecule has 4 rings (SSSR count). The number of aromatic hydroxyl groups is 1. The molecule has 30 heavy (non-hydrogen) atoms. The summed E-state index contributed by atoms with van der Waals surface area (Å²) in [5.41, 5.74) is 1.85. The molecule has 0 spiro atoms. The molecule has 0 saturated heterocycles. The number of amides is 1. The Morgan fingerprint density at radius 1 is 1.37 bits per heavy atom. The molecule has 3 aromatic heterocycles. The van der Waals surface area contributed by atoms with E-state index < -0.39 is 17.3 Å². The molecule has 1 aliphatic carbocycles. The second kappa shape index (κ2) is 7.47. The summed E-state index contributed by atoms with van der Waals surface area (Å²) in [6.07, 6.45) is 6.96. The van der Waals surface area contributed by atoms with Crippen LogP contribution in [0, 0.1) is 19.8 Å². The highest BCUT2D eigenvalue weighted by atomic mass is 16.5. The first-order chi connectivity index (χ1) is 14.3. The summed E-state index contributed by atoms with van der Waals surface area (Å²) < 4.78 is 7.94. The molecule has 0 radical (unpaired) electrons. The average molecular weight is 411 g/mol. The van der Waals surface area contributed by atoms with Gasteiger partial charge in [-0.1, -0.05) is 19.0 Å². The van der Waals surface area contributed by atoms with Crippen LogP contribution in [0.1, 0.15) is 59.6 Å². The lowest BCUT2D eigenvalue weighted by molar-refractivity contribution is 0.0944. The monoisotopic (exact) mass is 411 g/mol. The second-order valence-electron chi connectivity index (χ2n) is 8.16. The first-order valence-corrected chi connectivity index (χ1v) is 10.0. The summed E-state index contributed by atoms with van der Waals surface area (Å²) in [7, 11) is 0. The molecular formula is C21H25N5O4. The van der Waals surface area contributed by atoms with Crippen LogP contribution in [0.4, 0.5) is 0 Å². The van der Waals surface area contributed by atoms with Gasteiger partial charge in [-0.2, -0.15) is 9.61 Å². The molecule has 1 aliphatic rings. The minimum absolute atomic E-state index is 0.0664. The lowest BCUT2D eigenvalue weighted by atomic mass is 10.1. The zero-order chi connectivity index (χ0) is 21.6. The van der Waals surface area contributed by atoms with Gasteiger partial charge in [-0.05, 0) is 44.8 Å². The summed E-state index contributed by atoms with van der Waals surface area (Å²) in [6, 6.07) is 0.0664. The van der Waals surface area contributed by atoms with Crippen molar-refractivity contribution in [3.8, 4) is 5.88 Å². The molecule has 2 N–H and O–H groups in total. The number of rotatable bonds is 6. The van der Waals surface area contributed by atoms with Crippen molar-refractivity contribution < 1.29 is 14.4 Å². The smallest absolute Gasteiger partial charge is 0.270 e. The Morgan fingerprint density at radius 3 is 2.70 bits per heavy atom. The third-order valence-corrected chi connectivity index (χ3v) is 5.12. The fourth-order valence-corrected chi connectivity index (χ4v) is 3.45. The summed E-state index contributed by atoms with van der Waals surface area (Å²) >= 11 is 0. The van der Waals surface area contributed by atoms with Crippen LogP contribution in [0.2, 0.25) is 0 Å². The molecule has 158 valence electrons. The Morgan fingerprint density at radius 2 is 2.10 bits per heavy atom. The molecule has 1 fully saturated rings. The van der Waals surface area contributed by atoms with E-state index >= 15 is 0 Å². The van der Waals surface area contributed by atoms with Crippen LogP contribution in [0.15, 0.2) is 15.5 Å². The molecule has 0 atom stereocenters. The fraction of sp³-hybridized carbons (Fsp3) is 0.429. The number of aryl methyl sites for hydroxylation is 2. The van der Waals surface area contributed by atoms with E-state index in [2.05, 4.69) is 15.6 Å². The Labute approximate surface area is 173 Å². The van der Waals surface area contributed by atoms with E-state index in [0.29, 0.717) is 23.5 Å². The molecule has 0 aromatic carbocycles. The maximum atomic E-state index is 13.2. The third kappa shape index (κ3) is 3.51. The van der Waals surface area contributed by atoms with Crippen molar-refractivity contribution in [2.45, 2.75) is 53.1 Å². The molecule has 0 bridgehead atoms. The largest absolute Gasteiger partial charge is 0.492 e. The Hall–Kier alpha value is -3.36. The zero-order valence-electron chi connectivity index (χ0n) is 17.5. The van der Waals surface area contributed by atoms with Crippen LogP contribution < -0.4 is 10.9 Å². The van der Waals surface area contributed by atoms with Gasteiger partial charge in [-0.25, -0.2) is 0 Å². The summed E-state index contributed by atoms with van der Waals surface area (Å²) in [5.74, 6) is -0.195.